The first-order chi connectivity index (χ1) is 4.22. The summed E-state index contributed by atoms with van der Waals surface area (Å²) in [5.74, 6) is 0.509. The van der Waals surface area contributed by atoms with Gasteiger partial charge in [0.2, 0.25) is 0 Å². The van der Waals surface area contributed by atoms with Crippen LogP contribution in [0.1, 0.15) is 13.8 Å². The van der Waals surface area contributed by atoms with Crippen LogP contribution in [0.4, 0.5) is 0 Å². The molecule has 0 bridgehead atoms. The van der Waals surface area contributed by atoms with Crippen LogP contribution in [0.3, 0.4) is 0 Å². The summed E-state index contributed by atoms with van der Waals surface area (Å²) in [6.45, 7) is 4.21. The maximum absolute atomic E-state index is 5.80. The fourth-order valence-corrected chi connectivity index (χ4v) is 1.03. The molecular weight excluding hydrogens is 110 g/mol. The number of hydrogen-bond acceptors (Lipinski definition) is 1. The fourth-order valence-electron chi connectivity index (χ4n) is 1.03. The van der Waals surface area contributed by atoms with Crippen molar-refractivity contribution in [1.29, 1.82) is 0 Å². The van der Waals surface area contributed by atoms with Gasteiger partial charge in [-0.3, -0.25) is 0 Å². The van der Waals surface area contributed by atoms with Gasteiger partial charge in [-0.05, 0) is 12.8 Å². The molecule has 0 saturated carbocycles. The Bertz CT molecular complexity index is 156. The van der Waals surface area contributed by atoms with E-state index >= 15 is 0 Å². The lowest BCUT2D eigenvalue weighted by atomic mass is 9.92. The van der Waals surface area contributed by atoms with Gasteiger partial charge in [0.05, 0.1) is 0 Å². The summed E-state index contributed by atoms with van der Waals surface area (Å²) in [6.07, 6.45) is 6.28. The number of rotatable bonds is 0. The van der Waals surface area contributed by atoms with Crippen LogP contribution in [-0.2, 0) is 0 Å². The minimum Gasteiger partial charge on any atom is -0.324 e. The molecule has 1 heteroatoms. The molecule has 0 aromatic rings. The Labute approximate surface area is 56.2 Å². The zero-order valence-electron chi connectivity index (χ0n) is 5.96. The average molecular weight is 123 g/mol. The second-order valence-electron chi connectivity index (χ2n) is 2.68. The van der Waals surface area contributed by atoms with Crippen LogP contribution in [0.5, 0.6) is 0 Å². The Morgan fingerprint density at radius 2 is 2.22 bits per heavy atom. The van der Waals surface area contributed by atoms with Crippen molar-refractivity contribution in [3.05, 3.63) is 23.8 Å². The molecular formula is C8H13N. The summed E-state index contributed by atoms with van der Waals surface area (Å²) in [7, 11) is 0. The summed E-state index contributed by atoms with van der Waals surface area (Å²) >= 11 is 0. The van der Waals surface area contributed by atoms with Crippen LogP contribution in [0.25, 0.3) is 0 Å². The highest BCUT2D eigenvalue weighted by Crippen LogP contribution is 2.15. The Balaban J connectivity index is 2.73. The molecule has 1 rings (SSSR count). The Morgan fingerprint density at radius 1 is 1.56 bits per heavy atom. The van der Waals surface area contributed by atoms with Gasteiger partial charge in [0.15, 0.2) is 0 Å². The predicted molar refractivity (Wildman–Crippen MR) is 40.0 cm³/mol. The van der Waals surface area contributed by atoms with Crippen molar-refractivity contribution >= 4 is 0 Å². The summed E-state index contributed by atoms with van der Waals surface area (Å²) in [5.41, 5.74) is 7.08. The average Bonchev–Trinajstić information content (AvgIpc) is 1.83. The van der Waals surface area contributed by atoms with Crippen molar-refractivity contribution in [2.75, 3.05) is 0 Å². The van der Waals surface area contributed by atoms with E-state index in [1.807, 2.05) is 0 Å². The molecule has 0 saturated heterocycles. The molecule has 50 valence electrons. The van der Waals surface area contributed by atoms with Crippen LogP contribution in [0.15, 0.2) is 23.8 Å². The van der Waals surface area contributed by atoms with Gasteiger partial charge in [-0.25, -0.2) is 0 Å². The third-order valence-corrected chi connectivity index (χ3v) is 1.87. The lowest BCUT2D eigenvalue weighted by Crippen LogP contribution is -2.29. The highest BCUT2D eigenvalue weighted by molar-refractivity contribution is 5.23. The minimum absolute atomic E-state index is 0.245. The van der Waals surface area contributed by atoms with Crippen molar-refractivity contribution < 1.29 is 0 Å². The van der Waals surface area contributed by atoms with E-state index in [9.17, 15) is 0 Å². The Hall–Kier alpha value is -0.560. The molecule has 0 aromatic heterocycles. The molecule has 1 aliphatic rings. The van der Waals surface area contributed by atoms with E-state index < -0.39 is 0 Å². The predicted octanol–water partition coefficient (Wildman–Crippen LogP) is 1.47. The first kappa shape index (κ1) is 6.56. The molecule has 0 aliphatic heterocycles. The molecule has 0 fully saturated rings. The summed E-state index contributed by atoms with van der Waals surface area (Å²) in [6, 6.07) is 0.245. The van der Waals surface area contributed by atoms with Gasteiger partial charge in [0.1, 0.15) is 0 Å². The molecule has 0 amide bonds. The van der Waals surface area contributed by atoms with Crippen LogP contribution in [0, 0.1) is 5.92 Å². The summed E-state index contributed by atoms with van der Waals surface area (Å²) in [4.78, 5) is 0. The molecule has 9 heavy (non-hydrogen) atoms. The standard InChI is InChI=1S/C8H13N/c1-6-4-3-5-7(2)8(6)9/h3-6,8H,9H2,1-2H3. The maximum Gasteiger partial charge on any atom is 0.0315 e. The van der Waals surface area contributed by atoms with Gasteiger partial charge in [-0.1, -0.05) is 30.7 Å². The Morgan fingerprint density at radius 3 is 2.67 bits per heavy atom. The normalized spacial score (nSPS) is 34.3. The van der Waals surface area contributed by atoms with E-state index in [1.165, 1.54) is 5.57 Å². The zero-order chi connectivity index (χ0) is 6.85. The molecule has 1 aliphatic carbocycles. The van der Waals surface area contributed by atoms with Gasteiger partial charge >= 0.3 is 0 Å². The lowest BCUT2D eigenvalue weighted by molar-refractivity contribution is 0.596. The van der Waals surface area contributed by atoms with Crippen molar-refractivity contribution in [2.24, 2.45) is 11.7 Å². The molecule has 0 radical (unpaired) electrons. The van der Waals surface area contributed by atoms with Crippen molar-refractivity contribution in [2.45, 2.75) is 19.9 Å². The van der Waals surface area contributed by atoms with E-state index in [1.54, 1.807) is 0 Å². The van der Waals surface area contributed by atoms with Crippen molar-refractivity contribution in [1.82, 2.24) is 0 Å². The Kier molecular flexibility index (Phi) is 1.72. The molecule has 0 heterocycles. The third-order valence-electron chi connectivity index (χ3n) is 1.87. The van der Waals surface area contributed by atoms with Crippen LogP contribution < -0.4 is 5.73 Å². The largest absolute Gasteiger partial charge is 0.324 e. The van der Waals surface area contributed by atoms with E-state index in [-0.39, 0.29) is 6.04 Å². The minimum atomic E-state index is 0.245. The molecule has 2 unspecified atom stereocenters. The van der Waals surface area contributed by atoms with E-state index in [4.69, 9.17) is 5.73 Å². The lowest BCUT2D eigenvalue weighted by Gasteiger charge is -2.19. The van der Waals surface area contributed by atoms with Gasteiger partial charge in [-0.15, -0.1) is 0 Å². The van der Waals surface area contributed by atoms with E-state index in [2.05, 4.69) is 32.1 Å². The third kappa shape index (κ3) is 1.22. The van der Waals surface area contributed by atoms with Crippen LogP contribution in [0.2, 0.25) is 0 Å². The first-order valence-electron chi connectivity index (χ1n) is 3.32. The smallest absolute Gasteiger partial charge is 0.0315 e. The molecule has 2 atom stereocenters. The molecule has 0 spiro atoms. The first-order valence-corrected chi connectivity index (χ1v) is 3.32. The summed E-state index contributed by atoms with van der Waals surface area (Å²) < 4.78 is 0. The van der Waals surface area contributed by atoms with Crippen LogP contribution in [-0.4, -0.2) is 6.04 Å². The number of hydrogen-bond donors (Lipinski definition) is 1. The van der Waals surface area contributed by atoms with Gasteiger partial charge in [0, 0.05) is 6.04 Å². The topological polar surface area (TPSA) is 26.0 Å². The van der Waals surface area contributed by atoms with Crippen molar-refractivity contribution in [3.8, 4) is 0 Å². The monoisotopic (exact) mass is 123 g/mol. The molecule has 0 aromatic carbocycles. The highest BCUT2D eigenvalue weighted by Gasteiger charge is 2.12. The van der Waals surface area contributed by atoms with Crippen LogP contribution >= 0.6 is 0 Å². The van der Waals surface area contributed by atoms with Gasteiger partial charge in [0.25, 0.3) is 0 Å². The SMILES string of the molecule is CC1=CC=CC(C)C1N. The van der Waals surface area contributed by atoms with Crippen molar-refractivity contribution in [3.63, 3.8) is 0 Å². The number of nitrogens with two attached hydrogens (primary N) is 1. The molecule has 2 N–H and O–H groups in total. The second-order valence-corrected chi connectivity index (χ2v) is 2.68. The second kappa shape index (κ2) is 2.36. The summed E-state index contributed by atoms with van der Waals surface area (Å²) in [5, 5.41) is 0. The van der Waals surface area contributed by atoms with E-state index in [0.717, 1.165) is 0 Å². The fraction of sp³-hybridized carbons (Fsp3) is 0.500. The van der Waals surface area contributed by atoms with E-state index in [0.29, 0.717) is 5.92 Å². The quantitative estimate of drug-likeness (QED) is 0.518. The van der Waals surface area contributed by atoms with Gasteiger partial charge < -0.3 is 5.73 Å². The zero-order valence-corrected chi connectivity index (χ0v) is 5.96. The van der Waals surface area contributed by atoms with Gasteiger partial charge in [-0.2, -0.15) is 0 Å². The molecule has 1 nitrogen and oxygen atoms in total. The maximum atomic E-state index is 5.80. The highest BCUT2D eigenvalue weighted by atomic mass is 14.6. The number of allylic oxidation sites excluding steroid dienone is 2.